The molecule has 11 nitrogen and oxygen atoms in total. The molecule has 2 aliphatic carbocycles. The largest absolute Gasteiger partial charge is 0.383 e. The van der Waals surface area contributed by atoms with E-state index in [0.717, 1.165) is 44.9 Å². The zero-order valence-corrected chi connectivity index (χ0v) is 27.3. The van der Waals surface area contributed by atoms with E-state index >= 15 is 0 Å². The van der Waals surface area contributed by atoms with Crippen molar-refractivity contribution in [1.82, 2.24) is 20.9 Å². The maximum absolute atomic E-state index is 14.5. The summed E-state index contributed by atoms with van der Waals surface area (Å²) < 4.78 is 5.35. The first-order chi connectivity index (χ1) is 20.1. The van der Waals surface area contributed by atoms with Gasteiger partial charge in [0.25, 0.3) is 5.91 Å². The normalized spacial score (nSPS) is 24.1. The summed E-state index contributed by atoms with van der Waals surface area (Å²) in [5.41, 5.74) is 4.56. The van der Waals surface area contributed by atoms with Crippen LogP contribution < -0.4 is 21.7 Å². The van der Waals surface area contributed by atoms with Gasteiger partial charge in [-0.2, -0.15) is 0 Å². The van der Waals surface area contributed by atoms with Crippen LogP contribution in [0.5, 0.6) is 0 Å². The lowest BCUT2D eigenvalue weighted by Gasteiger charge is -2.43. The van der Waals surface area contributed by atoms with E-state index in [9.17, 15) is 24.0 Å². The Kier molecular flexibility index (Phi) is 11.6. The van der Waals surface area contributed by atoms with Crippen LogP contribution in [0.4, 0.5) is 4.79 Å². The number of ketones is 1. The predicted octanol–water partition coefficient (Wildman–Crippen LogP) is 2.90. The topological polar surface area (TPSA) is 160 Å². The molecule has 11 heteroatoms. The standard InChI is InChI=1S/C32H55N5O6/c1-19(2)21-13-16-37(24(21)28(40)34-22(17-20-11-12-20)25(38)27(33)39)29(41)26(32(6)14-9-8-10-15-32)36-30(42)35-23(18-43-7)31(3,4)5/h19-24,26H,8-18H2,1-7H3,(H2,33,39)(H,34,40)(H2,35,36,42)/t21-,22?,23-,24+,26-/m1/s1. The van der Waals surface area contributed by atoms with Crippen molar-refractivity contribution in [2.45, 2.75) is 123 Å². The number of likely N-dealkylation sites (tertiary alicyclic amines) is 1. The van der Waals surface area contributed by atoms with Gasteiger partial charge in [0.05, 0.1) is 18.7 Å². The molecule has 1 aliphatic heterocycles. The Morgan fingerprint density at radius 1 is 0.977 bits per heavy atom. The van der Waals surface area contributed by atoms with E-state index in [4.69, 9.17) is 10.5 Å². The third-order valence-corrected chi connectivity index (χ3v) is 9.89. The molecule has 244 valence electrons. The Morgan fingerprint density at radius 2 is 1.60 bits per heavy atom. The number of Topliss-reactive ketones (excluding diaryl/α,β-unsaturated/α-hetero) is 1. The second kappa shape index (κ2) is 14.4. The van der Waals surface area contributed by atoms with Gasteiger partial charge in [-0.1, -0.05) is 73.6 Å². The molecule has 3 rings (SSSR count). The number of primary amides is 1. The molecule has 1 heterocycles. The smallest absolute Gasteiger partial charge is 0.315 e. The van der Waals surface area contributed by atoms with E-state index in [2.05, 4.69) is 16.0 Å². The van der Waals surface area contributed by atoms with E-state index in [1.807, 2.05) is 41.5 Å². The molecule has 0 aromatic heterocycles. The minimum Gasteiger partial charge on any atom is -0.383 e. The summed E-state index contributed by atoms with van der Waals surface area (Å²) in [6.07, 6.45) is 7.39. The number of rotatable bonds is 13. The van der Waals surface area contributed by atoms with Crippen molar-refractivity contribution in [3.63, 3.8) is 0 Å². The number of nitrogens with zero attached hydrogens (tertiary/aromatic N) is 1. The number of hydrogen-bond acceptors (Lipinski definition) is 6. The Morgan fingerprint density at radius 3 is 2.12 bits per heavy atom. The van der Waals surface area contributed by atoms with E-state index in [-0.39, 0.29) is 35.1 Å². The third kappa shape index (κ3) is 8.92. The second-order valence-electron chi connectivity index (χ2n) is 14.8. The summed E-state index contributed by atoms with van der Waals surface area (Å²) in [5.74, 6) is -2.42. The quantitative estimate of drug-likeness (QED) is 0.236. The molecule has 5 atom stereocenters. The molecule has 2 saturated carbocycles. The maximum atomic E-state index is 14.5. The van der Waals surface area contributed by atoms with Crippen molar-refractivity contribution in [2.24, 2.45) is 34.3 Å². The van der Waals surface area contributed by atoms with Crippen LogP contribution in [0.3, 0.4) is 0 Å². The van der Waals surface area contributed by atoms with Gasteiger partial charge in [0.15, 0.2) is 0 Å². The fraction of sp³-hybridized carbons (Fsp3) is 0.844. The predicted molar refractivity (Wildman–Crippen MR) is 164 cm³/mol. The molecular weight excluding hydrogens is 550 g/mol. The van der Waals surface area contributed by atoms with Crippen molar-refractivity contribution < 1.29 is 28.7 Å². The summed E-state index contributed by atoms with van der Waals surface area (Å²) in [5, 5.41) is 8.86. The Balaban J connectivity index is 1.89. The van der Waals surface area contributed by atoms with Crippen molar-refractivity contribution in [1.29, 1.82) is 0 Å². The van der Waals surface area contributed by atoms with Crippen molar-refractivity contribution in [3.8, 4) is 0 Å². The first-order valence-corrected chi connectivity index (χ1v) is 16.1. The molecule has 5 amide bonds. The summed E-state index contributed by atoms with van der Waals surface area (Å²) in [7, 11) is 1.59. The first kappa shape index (κ1) is 34.8. The van der Waals surface area contributed by atoms with Crippen LogP contribution in [0.1, 0.15) is 99.3 Å². The van der Waals surface area contributed by atoms with Gasteiger partial charge in [0.1, 0.15) is 12.1 Å². The minimum atomic E-state index is -1.08. The van der Waals surface area contributed by atoms with Crippen LogP contribution in [-0.4, -0.2) is 78.9 Å². The van der Waals surface area contributed by atoms with Crippen molar-refractivity contribution in [3.05, 3.63) is 0 Å². The average Bonchev–Trinajstić information content (AvgIpc) is 3.63. The van der Waals surface area contributed by atoms with Crippen molar-refractivity contribution in [2.75, 3.05) is 20.3 Å². The molecule has 0 radical (unpaired) electrons. The van der Waals surface area contributed by atoms with Gasteiger partial charge < -0.3 is 31.3 Å². The molecule has 5 N–H and O–H groups in total. The van der Waals surface area contributed by atoms with Crippen molar-refractivity contribution >= 4 is 29.5 Å². The lowest BCUT2D eigenvalue weighted by atomic mass is 9.70. The monoisotopic (exact) mass is 605 g/mol. The minimum absolute atomic E-state index is 0.0869. The summed E-state index contributed by atoms with van der Waals surface area (Å²) in [4.78, 5) is 67.9. The SMILES string of the molecule is COC[C@@H](NC(=O)N[C@H](C(=O)N1CC[C@H](C(C)C)[C@H]1C(=O)NC(CC1CC1)C(=O)C(N)=O)C1(C)CCCCC1)C(C)(C)C. The molecule has 1 unspecified atom stereocenters. The first-order valence-electron chi connectivity index (χ1n) is 16.1. The van der Waals surface area contributed by atoms with Crippen LogP contribution in [0.25, 0.3) is 0 Å². The van der Waals surface area contributed by atoms with Gasteiger partial charge in [-0.3, -0.25) is 19.2 Å². The summed E-state index contributed by atoms with van der Waals surface area (Å²) in [6, 6.07) is -3.40. The van der Waals surface area contributed by atoms with Gasteiger partial charge in [0.2, 0.25) is 17.6 Å². The number of hydrogen-bond donors (Lipinski definition) is 4. The second-order valence-corrected chi connectivity index (χ2v) is 14.8. The molecule has 3 fully saturated rings. The van der Waals surface area contributed by atoms with Crippen LogP contribution in [0.15, 0.2) is 0 Å². The number of ether oxygens (including phenoxy) is 1. The Hall–Kier alpha value is -2.69. The fourth-order valence-electron chi connectivity index (χ4n) is 6.80. The number of methoxy groups -OCH3 is 1. The zero-order valence-electron chi connectivity index (χ0n) is 27.3. The molecule has 3 aliphatic rings. The number of carbonyl (C=O) groups is 5. The number of nitrogens with one attached hydrogen (secondary N) is 3. The lowest BCUT2D eigenvalue weighted by Crippen LogP contribution is -2.63. The van der Waals surface area contributed by atoms with E-state index in [1.54, 1.807) is 12.0 Å². The highest BCUT2D eigenvalue weighted by Gasteiger charge is 2.50. The highest BCUT2D eigenvalue weighted by molar-refractivity contribution is 6.37. The van der Waals surface area contributed by atoms with Crippen LogP contribution in [0.2, 0.25) is 0 Å². The average molecular weight is 606 g/mol. The van der Waals surface area contributed by atoms with Crippen LogP contribution >= 0.6 is 0 Å². The maximum Gasteiger partial charge on any atom is 0.315 e. The van der Waals surface area contributed by atoms with Gasteiger partial charge in [-0.15, -0.1) is 0 Å². The van der Waals surface area contributed by atoms with Gasteiger partial charge in [0, 0.05) is 13.7 Å². The molecule has 0 spiro atoms. The molecule has 1 saturated heterocycles. The zero-order chi connectivity index (χ0) is 32.1. The Labute approximate surface area is 257 Å². The number of nitrogens with two attached hydrogens (primary N) is 1. The van der Waals surface area contributed by atoms with E-state index < -0.39 is 47.2 Å². The van der Waals surface area contributed by atoms with E-state index in [0.29, 0.717) is 26.0 Å². The molecule has 0 aromatic carbocycles. The number of carbonyl (C=O) groups excluding carboxylic acids is 5. The van der Waals surface area contributed by atoms with Gasteiger partial charge in [-0.25, -0.2) is 4.79 Å². The van der Waals surface area contributed by atoms with Gasteiger partial charge >= 0.3 is 6.03 Å². The highest BCUT2D eigenvalue weighted by atomic mass is 16.5. The third-order valence-electron chi connectivity index (χ3n) is 9.89. The van der Waals surface area contributed by atoms with E-state index in [1.165, 1.54) is 0 Å². The summed E-state index contributed by atoms with van der Waals surface area (Å²) >= 11 is 0. The lowest BCUT2D eigenvalue weighted by molar-refractivity contribution is -0.145. The van der Waals surface area contributed by atoms with Gasteiger partial charge in [-0.05, 0) is 54.3 Å². The molecule has 43 heavy (non-hydrogen) atoms. The van der Waals surface area contributed by atoms with Crippen LogP contribution in [-0.2, 0) is 23.9 Å². The Bertz CT molecular complexity index is 1030. The number of amides is 5. The molecule has 0 bridgehead atoms. The van der Waals surface area contributed by atoms with Crippen LogP contribution in [0, 0.1) is 28.6 Å². The molecule has 0 aromatic rings. The fourth-order valence-corrected chi connectivity index (χ4v) is 6.80. The summed E-state index contributed by atoms with van der Waals surface area (Å²) in [6.45, 7) is 12.8. The highest BCUT2D eigenvalue weighted by Crippen LogP contribution is 2.41. The number of urea groups is 1. The molecular formula is C32H55N5O6.